The molecule has 21 heavy (non-hydrogen) atoms. The van der Waals surface area contributed by atoms with E-state index >= 15 is 0 Å². The van der Waals surface area contributed by atoms with Crippen LogP contribution >= 0.6 is 0 Å². The number of nitrogens with two attached hydrogens (primary N) is 1. The van der Waals surface area contributed by atoms with Crippen molar-refractivity contribution in [2.75, 3.05) is 6.54 Å². The zero-order valence-corrected chi connectivity index (χ0v) is 12.2. The average molecular weight is 279 g/mol. The first-order valence-electron chi connectivity index (χ1n) is 7.52. The number of unbranched alkanes of at least 4 members (excludes halogenated alkanes) is 1. The molecule has 0 aliphatic carbocycles. The SMILES string of the molecule is NC1c2ccccc2C=CN1CCCCc1cccnc1. The molecule has 0 amide bonds. The van der Waals surface area contributed by atoms with E-state index < -0.39 is 0 Å². The molecule has 1 aliphatic rings. The van der Waals surface area contributed by atoms with E-state index in [0.717, 1.165) is 25.8 Å². The first-order valence-corrected chi connectivity index (χ1v) is 7.52. The highest BCUT2D eigenvalue weighted by molar-refractivity contribution is 5.56. The first kappa shape index (κ1) is 13.8. The number of rotatable bonds is 5. The molecule has 1 aromatic heterocycles. The monoisotopic (exact) mass is 279 g/mol. The minimum atomic E-state index is -0.0235. The summed E-state index contributed by atoms with van der Waals surface area (Å²) < 4.78 is 0. The Balaban J connectivity index is 1.51. The molecule has 0 bridgehead atoms. The molecule has 0 radical (unpaired) electrons. The second-order valence-corrected chi connectivity index (χ2v) is 5.45. The van der Waals surface area contributed by atoms with E-state index in [4.69, 9.17) is 5.73 Å². The van der Waals surface area contributed by atoms with Crippen LogP contribution in [0.15, 0.2) is 55.0 Å². The first-order chi connectivity index (χ1) is 10.3. The summed E-state index contributed by atoms with van der Waals surface area (Å²) in [6.07, 6.45) is 11.4. The van der Waals surface area contributed by atoms with Crippen LogP contribution in [0.1, 0.15) is 35.7 Å². The summed E-state index contributed by atoms with van der Waals surface area (Å²) in [5.41, 5.74) is 10.1. The lowest BCUT2D eigenvalue weighted by Gasteiger charge is -2.32. The van der Waals surface area contributed by atoms with Crippen molar-refractivity contribution in [2.24, 2.45) is 5.73 Å². The number of hydrogen-bond donors (Lipinski definition) is 1. The van der Waals surface area contributed by atoms with Gasteiger partial charge < -0.3 is 10.6 Å². The quantitative estimate of drug-likeness (QED) is 0.853. The van der Waals surface area contributed by atoms with E-state index in [9.17, 15) is 0 Å². The Kier molecular flexibility index (Phi) is 4.31. The van der Waals surface area contributed by atoms with Crippen LogP contribution in [0.2, 0.25) is 0 Å². The molecular formula is C18H21N3. The van der Waals surface area contributed by atoms with Crippen LogP contribution in [-0.2, 0) is 6.42 Å². The Bertz CT molecular complexity index is 607. The lowest BCUT2D eigenvalue weighted by atomic mass is 10.0. The van der Waals surface area contributed by atoms with Gasteiger partial charge in [0, 0.05) is 25.1 Å². The Morgan fingerprint density at radius 3 is 2.86 bits per heavy atom. The Morgan fingerprint density at radius 1 is 1.10 bits per heavy atom. The lowest BCUT2D eigenvalue weighted by Crippen LogP contribution is -2.33. The zero-order chi connectivity index (χ0) is 14.5. The predicted octanol–water partition coefficient (Wildman–Crippen LogP) is 3.35. The van der Waals surface area contributed by atoms with Gasteiger partial charge in [0.05, 0.1) is 0 Å². The van der Waals surface area contributed by atoms with Crippen LogP contribution in [0, 0.1) is 0 Å². The molecule has 1 aromatic carbocycles. The van der Waals surface area contributed by atoms with Crippen molar-refractivity contribution in [1.29, 1.82) is 0 Å². The van der Waals surface area contributed by atoms with Crippen LogP contribution in [-0.4, -0.2) is 16.4 Å². The summed E-state index contributed by atoms with van der Waals surface area (Å²) in [6.45, 7) is 0.992. The molecule has 2 aromatic rings. The van der Waals surface area contributed by atoms with Gasteiger partial charge in [-0.05, 0) is 48.1 Å². The Hall–Kier alpha value is -2.13. The van der Waals surface area contributed by atoms with Crippen molar-refractivity contribution in [1.82, 2.24) is 9.88 Å². The van der Waals surface area contributed by atoms with Gasteiger partial charge in [-0.1, -0.05) is 30.3 Å². The van der Waals surface area contributed by atoms with Crippen molar-refractivity contribution in [3.05, 3.63) is 71.7 Å². The van der Waals surface area contributed by atoms with Crippen molar-refractivity contribution in [2.45, 2.75) is 25.4 Å². The van der Waals surface area contributed by atoms with Crippen LogP contribution in [0.25, 0.3) is 6.08 Å². The fourth-order valence-electron chi connectivity index (χ4n) is 2.76. The lowest BCUT2D eigenvalue weighted by molar-refractivity contribution is 0.277. The minimum Gasteiger partial charge on any atom is -0.358 e. The molecule has 1 unspecified atom stereocenters. The molecule has 2 N–H and O–H groups in total. The highest BCUT2D eigenvalue weighted by Crippen LogP contribution is 2.26. The smallest absolute Gasteiger partial charge is 0.103 e. The number of aromatic nitrogens is 1. The summed E-state index contributed by atoms with van der Waals surface area (Å²) >= 11 is 0. The fourth-order valence-corrected chi connectivity index (χ4v) is 2.76. The molecule has 2 heterocycles. The van der Waals surface area contributed by atoms with Gasteiger partial charge in [-0.25, -0.2) is 0 Å². The third kappa shape index (κ3) is 3.31. The molecule has 3 heteroatoms. The largest absolute Gasteiger partial charge is 0.358 e. The maximum atomic E-state index is 6.35. The standard InChI is InChI=1S/C18H21N3/c19-18-17-9-2-1-8-16(17)10-13-21(18)12-4-3-6-15-7-5-11-20-14-15/h1-2,5,7-11,13-14,18H,3-4,6,12,19H2. The normalized spacial score (nSPS) is 16.8. The molecule has 1 atom stereocenters. The molecule has 1 aliphatic heterocycles. The van der Waals surface area contributed by atoms with Crippen LogP contribution in [0.3, 0.4) is 0 Å². The van der Waals surface area contributed by atoms with Gasteiger partial charge in [0.25, 0.3) is 0 Å². The number of aryl methyl sites for hydroxylation is 1. The van der Waals surface area contributed by atoms with Gasteiger partial charge >= 0.3 is 0 Å². The van der Waals surface area contributed by atoms with Crippen LogP contribution < -0.4 is 5.73 Å². The van der Waals surface area contributed by atoms with Crippen LogP contribution in [0.4, 0.5) is 0 Å². The summed E-state index contributed by atoms with van der Waals surface area (Å²) in [5, 5.41) is 0. The van der Waals surface area contributed by atoms with Crippen molar-refractivity contribution in [3.8, 4) is 0 Å². The summed E-state index contributed by atoms with van der Waals surface area (Å²) in [4.78, 5) is 6.38. The summed E-state index contributed by atoms with van der Waals surface area (Å²) in [5.74, 6) is 0. The van der Waals surface area contributed by atoms with Gasteiger partial charge in [-0.3, -0.25) is 4.98 Å². The fraction of sp³-hybridized carbons (Fsp3) is 0.278. The van der Waals surface area contributed by atoms with Gasteiger partial charge in [0.2, 0.25) is 0 Å². The van der Waals surface area contributed by atoms with Crippen LogP contribution in [0.5, 0.6) is 0 Å². The van der Waals surface area contributed by atoms with E-state index in [1.54, 1.807) is 0 Å². The van der Waals surface area contributed by atoms with E-state index in [1.165, 1.54) is 16.7 Å². The molecule has 3 rings (SSSR count). The van der Waals surface area contributed by atoms with E-state index in [-0.39, 0.29) is 6.17 Å². The maximum Gasteiger partial charge on any atom is 0.103 e. The second-order valence-electron chi connectivity index (χ2n) is 5.45. The zero-order valence-electron chi connectivity index (χ0n) is 12.2. The van der Waals surface area contributed by atoms with Crippen molar-refractivity contribution >= 4 is 6.08 Å². The van der Waals surface area contributed by atoms with Gasteiger partial charge in [-0.15, -0.1) is 0 Å². The second kappa shape index (κ2) is 6.55. The van der Waals surface area contributed by atoms with Crippen molar-refractivity contribution in [3.63, 3.8) is 0 Å². The Morgan fingerprint density at radius 2 is 2.00 bits per heavy atom. The van der Waals surface area contributed by atoms with Gasteiger partial charge in [0.1, 0.15) is 6.17 Å². The molecule has 3 nitrogen and oxygen atoms in total. The number of hydrogen-bond acceptors (Lipinski definition) is 3. The van der Waals surface area contributed by atoms with E-state index in [2.05, 4.69) is 52.5 Å². The average Bonchev–Trinajstić information content (AvgIpc) is 2.55. The Labute approximate surface area is 126 Å². The predicted molar refractivity (Wildman–Crippen MR) is 86.3 cm³/mol. The van der Waals surface area contributed by atoms with Gasteiger partial charge in [0.15, 0.2) is 0 Å². The van der Waals surface area contributed by atoms with E-state index in [1.807, 2.05) is 18.5 Å². The molecular weight excluding hydrogens is 258 g/mol. The molecule has 0 saturated carbocycles. The third-order valence-corrected chi connectivity index (χ3v) is 3.97. The highest BCUT2D eigenvalue weighted by Gasteiger charge is 2.18. The number of pyridine rings is 1. The molecule has 108 valence electrons. The highest BCUT2D eigenvalue weighted by atomic mass is 15.2. The summed E-state index contributed by atoms with van der Waals surface area (Å²) in [7, 11) is 0. The number of fused-ring (bicyclic) bond motifs is 1. The summed E-state index contributed by atoms with van der Waals surface area (Å²) in [6, 6.07) is 12.5. The van der Waals surface area contributed by atoms with E-state index in [0.29, 0.717) is 0 Å². The molecule has 0 spiro atoms. The minimum absolute atomic E-state index is 0.0235. The van der Waals surface area contributed by atoms with Crippen molar-refractivity contribution < 1.29 is 0 Å². The maximum absolute atomic E-state index is 6.35. The number of benzene rings is 1. The molecule has 0 fully saturated rings. The topological polar surface area (TPSA) is 42.1 Å². The number of nitrogens with zero attached hydrogens (tertiary/aromatic N) is 2. The molecule has 0 saturated heterocycles. The third-order valence-electron chi connectivity index (χ3n) is 3.97. The van der Waals surface area contributed by atoms with Gasteiger partial charge in [-0.2, -0.15) is 0 Å².